The molecular formula is C19H17IN2OS. The first kappa shape index (κ1) is 16.0. The molecule has 0 radical (unpaired) electrons. The Bertz CT molecular complexity index is 987. The number of nitrogens with one attached hydrogen (secondary N) is 1. The standard InChI is InChI=1S/C19H17IN2OS/c20-14-8-5-4-6-12(14)10-11-16-21-18(23)17-13-7-2-1-3-9-15(13)24-19(17)22-16/h4-6,8,10-11H,1-3,7,9H2,(H,21,22,23). The molecule has 1 aliphatic rings. The van der Waals surface area contributed by atoms with E-state index in [0.717, 1.165) is 28.6 Å². The molecule has 0 fully saturated rings. The van der Waals surface area contributed by atoms with Gasteiger partial charge in [0, 0.05) is 8.45 Å². The van der Waals surface area contributed by atoms with Crippen molar-refractivity contribution in [2.24, 2.45) is 0 Å². The monoisotopic (exact) mass is 448 g/mol. The molecule has 0 atom stereocenters. The number of nitrogens with zero attached hydrogens (tertiary/aromatic N) is 1. The summed E-state index contributed by atoms with van der Waals surface area (Å²) in [4.78, 5) is 22.5. The number of aromatic nitrogens is 2. The Hall–Kier alpha value is -1.47. The molecular weight excluding hydrogens is 431 g/mol. The molecule has 1 aliphatic carbocycles. The smallest absolute Gasteiger partial charge is 0.260 e. The summed E-state index contributed by atoms with van der Waals surface area (Å²) in [5.41, 5.74) is 2.37. The maximum atomic E-state index is 12.6. The molecule has 0 amide bonds. The molecule has 0 saturated heterocycles. The van der Waals surface area contributed by atoms with Crippen molar-refractivity contribution in [2.45, 2.75) is 32.1 Å². The van der Waals surface area contributed by atoms with Gasteiger partial charge in [0.05, 0.1) is 5.39 Å². The number of fused-ring (bicyclic) bond motifs is 3. The quantitative estimate of drug-likeness (QED) is 0.442. The fourth-order valence-electron chi connectivity index (χ4n) is 3.22. The molecule has 0 unspecified atom stereocenters. The maximum absolute atomic E-state index is 12.6. The van der Waals surface area contributed by atoms with E-state index in [1.165, 1.54) is 33.3 Å². The van der Waals surface area contributed by atoms with E-state index in [1.807, 2.05) is 24.3 Å². The van der Waals surface area contributed by atoms with E-state index in [1.54, 1.807) is 11.3 Å². The normalized spacial score (nSPS) is 14.9. The first-order valence-electron chi connectivity index (χ1n) is 8.19. The van der Waals surface area contributed by atoms with Crippen LogP contribution in [-0.2, 0) is 12.8 Å². The van der Waals surface area contributed by atoms with Crippen LogP contribution in [0.3, 0.4) is 0 Å². The van der Waals surface area contributed by atoms with Gasteiger partial charge in [-0.15, -0.1) is 11.3 Å². The Balaban J connectivity index is 1.76. The van der Waals surface area contributed by atoms with E-state index in [-0.39, 0.29) is 5.56 Å². The average Bonchev–Trinajstić information content (AvgIpc) is 2.76. The molecule has 1 aromatic carbocycles. The highest BCUT2D eigenvalue weighted by molar-refractivity contribution is 14.1. The van der Waals surface area contributed by atoms with Crippen LogP contribution < -0.4 is 5.56 Å². The Morgan fingerprint density at radius 3 is 2.83 bits per heavy atom. The van der Waals surface area contributed by atoms with E-state index in [4.69, 9.17) is 4.98 Å². The molecule has 0 spiro atoms. The summed E-state index contributed by atoms with van der Waals surface area (Å²) in [6.07, 6.45) is 9.64. The van der Waals surface area contributed by atoms with Crippen molar-refractivity contribution in [3.8, 4) is 0 Å². The molecule has 3 nitrogen and oxygen atoms in total. The molecule has 0 saturated carbocycles. The largest absolute Gasteiger partial charge is 0.306 e. The van der Waals surface area contributed by atoms with Crippen molar-refractivity contribution >= 4 is 56.3 Å². The zero-order valence-corrected chi connectivity index (χ0v) is 16.1. The summed E-state index contributed by atoms with van der Waals surface area (Å²) in [5.74, 6) is 0.628. The lowest BCUT2D eigenvalue weighted by atomic mass is 10.1. The van der Waals surface area contributed by atoms with Gasteiger partial charge < -0.3 is 4.98 Å². The molecule has 0 aliphatic heterocycles. The lowest BCUT2D eigenvalue weighted by molar-refractivity contribution is 0.713. The minimum Gasteiger partial charge on any atom is -0.306 e. The van der Waals surface area contributed by atoms with Gasteiger partial charge in [0.1, 0.15) is 10.7 Å². The van der Waals surface area contributed by atoms with Crippen LogP contribution in [0.15, 0.2) is 29.1 Å². The zero-order chi connectivity index (χ0) is 16.5. The minimum atomic E-state index is 0.00167. The van der Waals surface area contributed by atoms with Crippen LogP contribution in [0.2, 0.25) is 0 Å². The highest BCUT2D eigenvalue weighted by Gasteiger charge is 2.18. The summed E-state index contributed by atoms with van der Waals surface area (Å²) < 4.78 is 1.18. The topological polar surface area (TPSA) is 45.8 Å². The number of hydrogen-bond donors (Lipinski definition) is 1. The first-order chi connectivity index (χ1) is 11.7. The Morgan fingerprint density at radius 2 is 1.96 bits per heavy atom. The first-order valence-corrected chi connectivity index (χ1v) is 10.1. The SMILES string of the molecule is O=c1[nH]c(C=Cc2ccccc2I)nc2sc3c(c12)CCCCC3. The number of halogens is 1. The van der Waals surface area contributed by atoms with E-state index >= 15 is 0 Å². The van der Waals surface area contributed by atoms with Gasteiger partial charge in [-0.2, -0.15) is 0 Å². The third-order valence-corrected chi connectivity index (χ3v) is 6.59. The number of thiophene rings is 1. The van der Waals surface area contributed by atoms with Crippen LogP contribution in [0.25, 0.3) is 22.4 Å². The molecule has 0 bridgehead atoms. The van der Waals surface area contributed by atoms with Crippen molar-refractivity contribution in [2.75, 3.05) is 0 Å². The second-order valence-corrected chi connectivity index (χ2v) is 8.30. The summed E-state index contributed by atoms with van der Waals surface area (Å²) in [6.45, 7) is 0. The summed E-state index contributed by atoms with van der Waals surface area (Å²) in [7, 11) is 0. The average molecular weight is 448 g/mol. The maximum Gasteiger partial charge on any atom is 0.260 e. The predicted octanol–water partition coefficient (Wildman–Crippen LogP) is 5.03. The molecule has 4 rings (SSSR count). The fraction of sp³-hybridized carbons (Fsp3) is 0.263. The van der Waals surface area contributed by atoms with Gasteiger partial charge in [0.15, 0.2) is 0 Å². The third-order valence-electron chi connectivity index (χ3n) is 4.42. The number of aryl methyl sites for hydroxylation is 2. The summed E-state index contributed by atoms with van der Waals surface area (Å²) in [6, 6.07) is 8.15. The predicted molar refractivity (Wildman–Crippen MR) is 110 cm³/mol. The van der Waals surface area contributed by atoms with Crippen molar-refractivity contribution in [3.63, 3.8) is 0 Å². The number of aromatic amines is 1. The van der Waals surface area contributed by atoms with Crippen molar-refractivity contribution in [1.82, 2.24) is 9.97 Å². The van der Waals surface area contributed by atoms with Gasteiger partial charge in [0.2, 0.25) is 0 Å². The summed E-state index contributed by atoms with van der Waals surface area (Å²) >= 11 is 4.01. The van der Waals surface area contributed by atoms with E-state index in [2.05, 4.69) is 39.7 Å². The van der Waals surface area contributed by atoms with Crippen LogP contribution in [-0.4, -0.2) is 9.97 Å². The second-order valence-electron chi connectivity index (χ2n) is 6.05. The molecule has 3 aromatic rings. The van der Waals surface area contributed by atoms with Crippen LogP contribution in [0.5, 0.6) is 0 Å². The molecule has 24 heavy (non-hydrogen) atoms. The minimum absolute atomic E-state index is 0.00167. The van der Waals surface area contributed by atoms with Gasteiger partial charge in [-0.3, -0.25) is 4.79 Å². The molecule has 5 heteroatoms. The van der Waals surface area contributed by atoms with Crippen LogP contribution >= 0.6 is 33.9 Å². The Labute approximate surface area is 158 Å². The lowest BCUT2D eigenvalue weighted by Crippen LogP contribution is -2.10. The highest BCUT2D eigenvalue weighted by atomic mass is 127. The van der Waals surface area contributed by atoms with E-state index < -0.39 is 0 Å². The van der Waals surface area contributed by atoms with Crippen LogP contribution in [0.4, 0.5) is 0 Å². The van der Waals surface area contributed by atoms with Gasteiger partial charge >= 0.3 is 0 Å². The Kier molecular flexibility index (Phi) is 4.54. The van der Waals surface area contributed by atoms with Crippen molar-refractivity contribution in [1.29, 1.82) is 0 Å². The molecule has 122 valence electrons. The van der Waals surface area contributed by atoms with Crippen molar-refractivity contribution in [3.05, 3.63) is 60.0 Å². The highest BCUT2D eigenvalue weighted by Crippen LogP contribution is 2.32. The fourth-order valence-corrected chi connectivity index (χ4v) is 5.05. The molecule has 1 N–H and O–H groups in total. The third kappa shape index (κ3) is 3.07. The number of rotatable bonds is 2. The van der Waals surface area contributed by atoms with Gasteiger partial charge in [0.25, 0.3) is 5.56 Å². The molecule has 2 heterocycles. The van der Waals surface area contributed by atoms with Gasteiger partial charge in [-0.25, -0.2) is 4.98 Å². The Morgan fingerprint density at radius 1 is 1.12 bits per heavy atom. The number of benzene rings is 1. The van der Waals surface area contributed by atoms with Crippen LogP contribution in [0, 0.1) is 3.57 Å². The number of H-pyrrole nitrogens is 1. The van der Waals surface area contributed by atoms with E-state index in [9.17, 15) is 4.79 Å². The van der Waals surface area contributed by atoms with Crippen LogP contribution in [0.1, 0.15) is 41.1 Å². The zero-order valence-electron chi connectivity index (χ0n) is 13.1. The second kappa shape index (κ2) is 6.80. The summed E-state index contributed by atoms with van der Waals surface area (Å²) in [5, 5.41) is 0.823. The van der Waals surface area contributed by atoms with Gasteiger partial charge in [-0.1, -0.05) is 30.7 Å². The lowest BCUT2D eigenvalue weighted by Gasteiger charge is -1.99. The van der Waals surface area contributed by atoms with Gasteiger partial charge in [-0.05, 0) is 71.5 Å². The van der Waals surface area contributed by atoms with E-state index in [0.29, 0.717) is 5.82 Å². The number of hydrogen-bond acceptors (Lipinski definition) is 3. The van der Waals surface area contributed by atoms with Crippen molar-refractivity contribution < 1.29 is 0 Å². The molecule has 2 aromatic heterocycles.